The molecule has 7 nitrogen and oxygen atoms in total. The zero-order chi connectivity index (χ0) is 27.2. The molecule has 0 atom stereocenters. The molecule has 204 valence electrons. The number of halogens is 2. The second kappa shape index (κ2) is 15.7. The van der Waals surface area contributed by atoms with Gasteiger partial charge in [-0.3, -0.25) is 4.79 Å². The minimum atomic E-state index is -0.572. The number of rotatable bonds is 11. The van der Waals surface area contributed by atoms with Crippen molar-refractivity contribution in [3.63, 3.8) is 0 Å². The van der Waals surface area contributed by atoms with E-state index in [1.54, 1.807) is 12.0 Å². The number of ether oxygens (including phenoxy) is 4. The molecular weight excluding hydrogens is 494 g/mol. The van der Waals surface area contributed by atoms with Gasteiger partial charge in [-0.25, -0.2) is 8.78 Å². The maximum absolute atomic E-state index is 12.5. The van der Waals surface area contributed by atoms with E-state index in [4.69, 9.17) is 18.9 Å². The summed E-state index contributed by atoms with van der Waals surface area (Å²) < 4.78 is 46.4. The van der Waals surface area contributed by atoms with Crippen molar-refractivity contribution in [2.75, 3.05) is 52.0 Å². The third-order valence-corrected chi connectivity index (χ3v) is 5.62. The molecule has 0 aliphatic carbocycles. The molecule has 3 aromatic rings. The van der Waals surface area contributed by atoms with Crippen LogP contribution in [0.25, 0.3) is 0 Å². The van der Waals surface area contributed by atoms with E-state index in [-0.39, 0.29) is 12.5 Å². The number of methoxy groups -OCH3 is 2. The normalized spacial score (nSPS) is 13.1. The van der Waals surface area contributed by atoms with E-state index in [1.807, 2.05) is 48.5 Å². The third kappa shape index (κ3) is 9.41. The number of amides is 1. The zero-order valence-electron chi connectivity index (χ0n) is 21.8. The van der Waals surface area contributed by atoms with Gasteiger partial charge >= 0.3 is 0 Å². The number of nitrogens with one attached hydrogen (secondary N) is 1. The Morgan fingerprint density at radius 1 is 0.921 bits per heavy atom. The van der Waals surface area contributed by atoms with E-state index in [1.165, 1.54) is 19.2 Å². The molecule has 4 rings (SSSR count). The Morgan fingerprint density at radius 2 is 1.66 bits per heavy atom. The third-order valence-electron chi connectivity index (χ3n) is 5.62. The first kappa shape index (κ1) is 29.0. The lowest BCUT2D eigenvalue weighted by Gasteiger charge is -2.27. The first-order valence-electron chi connectivity index (χ1n) is 12.4. The second-order valence-electron chi connectivity index (χ2n) is 8.49. The molecule has 0 spiro atoms. The Balaban J connectivity index is 0.000000304. The largest absolute Gasteiger partial charge is 0.496 e. The molecule has 1 N–H and O–H groups in total. The number of carbonyl (C=O) groups excluding carboxylic acids is 1. The monoisotopic (exact) mass is 528 g/mol. The predicted molar refractivity (Wildman–Crippen MR) is 141 cm³/mol. The van der Waals surface area contributed by atoms with Crippen LogP contribution in [0.5, 0.6) is 11.5 Å². The van der Waals surface area contributed by atoms with Crippen LogP contribution in [0.4, 0.5) is 14.5 Å². The summed E-state index contributed by atoms with van der Waals surface area (Å²) in [5.74, 6) is 0.596. The van der Waals surface area contributed by atoms with Gasteiger partial charge in [-0.2, -0.15) is 0 Å². The lowest BCUT2D eigenvalue weighted by atomic mass is 10.2. The Hall–Kier alpha value is -3.53. The summed E-state index contributed by atoms with van der Waals surface area (Å²) in [6.45, 7) is 3.86. The predicted octanol–water partition coefficient (Wildman–Crippen LogP) is 4.73. The molecule has 0 saturated carbocycles. The quantitative estimate of drug-likeness (QED) is 0.363. The van der Waals surface area contributed by atoms with Crippen molar-refractivity contribution in [3.8, 4) is 11.5 Å². The lowest BCUT2D eigenvalue weighted by Crippen LogP contribution is -2.48. The van der Waals surface area contributed by atoms with Crippen LogP contribution >= 0.6 is 0 Å². The van der Waals surface area contributed by atoms with Gasteiger partial charge in [0.2, 0.25) is 5.91 Å². The standard InChI is InChI=1S/C21H26N2O4.C8H8F2O/c1-25-20-6-3-2-5-17(20)16-26-13-4-14-27-19-9-7-18(8-10-19)23-12-11-22-15-21(23)24;1-11-5-6-2-7(9)4-8(10)3-6/h2-3,5-10,22H,4,11-16H2,1H3;2-4H,5H2,1H3. The van der Waals surface area contributed by atoms with E-state index in [0.717, 1.165) is 41.8 Å². The number of hydrogen-bond donors (Lipinski definition) is 1. The highest BCUT2D eigenvalue weighted by Crippen LogP contribution is 2.21. The maximum Gasteiger partial charge on any atom is 0.240 e. The van der Waals surface area contributed by atoms with Crippen molar-refractivity contribution >= 4 is 11.6 Å². The van der Waals surface area contributed by atoms with E-state index in [0.29, 0.717) is 38.5 Å². The highest BCUT2D eigenvalue weighted by Gasteiger charge is 2.18. The average Bonchev–Trinajstić information content (AvgIpc) is 2.91. The van der Waals surface area contributed by atoms with E-state index in [9.17, 15) is 13.6 Å². The van der Waals surface area contributed by atoms with Crippen molar-refractivity contribution in [1.82, 2.24) is 5.32 Å². The van der Waals surface area contributed by atoms with Crippen molar-refractivity contribution in [1.29, 1.82) is 0 Å². The van der Waals surface area contributed by atoms with Gasteiger partial charge in [0.1, 0.15) is 23.1 Å². The Labute approximate surface area is 222 Å². The first-order chi connectivity index (χ1) is 18.5. The molecule has 0 unspecified atom stereocenters. The molecule has 1 saturated heterocycles. The van der Waals surface area contributed by atoms with E-state index < -0.39 is 11.6 Å². The maximum atomic E-state index is 12.5. The highest BCUT2D eigenvalue weighted by molar-refractivity contribution is 5.95. The van der Waals surface area contributed by atoms with Crippen LogP contribution in [0.1, 0.15) is 17.5 Å². The SMILES string of the molecule is COCc1cc(F)cc(F)c1.COc1ccccc1COCCCOc1ccc(N2CCNCC2=O)cc1. The van der Waals surface area contributed by atoms with Gasteiger partial charge in [0, 0.05) is 43.9 Å². The van der Waals surface area contributed by atoms with Crippen molar-refractivity contribution in [2.24, 2.45) is 0 Å². The molecule has 1 aliphatic heterocycles. The summed E-state index contributed by atoms with van der Waals surface area (Å²) in [4.78, 5) is 13.7. The molecule has 1 aliphatic rings. The fourth-order valence-corrected chi connectivity index (χ4v) is 3.82. The number of hydrogen-bond acceptors (Lipinski definition) is 6. The van der Waals surface area contributed by atoms with Crippen LogP contribution in [-0.2, 0) is 27.5 Å². The van der Waals surface area contributed by atoms with Crippen molar-refractivity contribution in [3.05, 3.63) is 89.5 Å². The minimum absolute atomic E-state index is 0.0992. The van der Waals surface area contributed by atoms with Gasteiger partial charge in [0.05, 0.1) is 40.1 Å². The highest BCUT2D eigenvalue weighted by atomic mass is 19.1. The van der Waals surface area contributed by atoms with Crippen LogP contribution in [0.3, 0.4) is 0 Å². The van der Waals surface area contributed by atoms with Crippen LogP contribution in [0.2, 0.25) is 0 Å². The summed E-state index contributed by atoms with van der Waals surface area (Å²) >= 11 is 0. The number of carbonyl (C=O) groups is 1. The fraction of sp³-hybridized carbons (Fsp3) is 0.345. The molecule has 1 fully saturated rings. The van der Waals surface area contributed by atoms with Crippen molar-refractivity contribution < 1.29 is 32.5 Å². The molecule has 38 heavy (non-hydrogen) atoms. The molecule has 0 aromatic heterocycles. The van der Waals surface area contributed by atoms with E-state index in [2.05, 4.69) is 5.32 Å². The smallest absolute Gasteiger partial charge is 0.240 e. The lowest BCUT2D eigenvalue weighted by molar-refractivity contribution is -0.118. The molecule has 1 heterocycles. The number of piperazine rings is 1. The van der Waals surface area contributed by atoms with E-state index >= 15 is 0 Å². The summed E-state index contributed by atoms with van der Waals surface area (Å²) in [5, 5.41) is 3.07. The van der Waals surface area contributed by atoms with Crippen molar-refractivity contribution in [2.45, 2.75) is 19.6 Å². The van der Waals surface area contributed by atoms with Gasteiger partial charge in [0.15, 0.2) is 0 Å². The number of para-hydroxylation sites is 1. The van der Waals surface area contributed by atoms with Gasteiger partial charge < -0.3 is 29.2 Å². The van der Waals surface area contributed by atoms with Crippen LogP contribution in [-0.4, -0.2) is 53.0 Å². The summed E-state index contributed by atoms with van der Waals surface area (Å²) in [6.07, 6.45) is 0.799. The first-order valence-corrected chi connectivity index (χ1v) is 12.4. The van der Waals surface area contributed by atoms with Crippen LogP contribution < -0.4 is 19.7 Å². The number of benzene rings is 3. The molecule has 3 aromatic carbocycles. The Kier molecular flexibility index (Phi) is 12.0. The van der Waals surface area contributed by atoms with Gasteiger partial charge in [0.25, 0.3) is 0 Å². The van der Waals surface area contributed by atoms with Gasteiger partial charge in [-0.15, -0.1) is 0 Å². The Morgan fingerprint density at radius 3 is 2.34 bits per heavy atom. The fourth-order valence-electron chi connectivity index (χ4n) is 3.82. The molecule has 9 heteroatoms. The van der Waals surface area contributed by atoms with Crippen LogP contribution in [0, 0.1) is 11.6 Å². The summed E-state index contributed by atoms with van der Waals surface area (Å²) in [5.41, 5.74) is 2.46. The topological polar surface area (TPSA) is 69.3 Å². The van der Waals surface area contributed by atoms with Gasteiger partial charge in [-0.1, -0.05) is 18.2 Å². The Bertz CT molecular complexity index is 1120. The molecule has 0 bridgehead atoms. The molecule has 1 amide bonds. The minimum Gasteiger partial charge on any atom is -0.496 e. The average molecular weight is 529 g/mol. The second-order valence-corrected chi connectivity index (χ2v) is 8.49. The van der Waals surface area contributed by atoms with Crippen LogP contribution in [0.15, 0.2) is 66.7 Å². The number of nitrogens with zero attached hydrogens (tertiary/aromatic N) is 1. The molecule has 0 radical (unpaired) electrons. The summed E-state index contributed by atoms with van der Waals surface area (Å²) in [7, 11) is 3.14. The van der Waals surface area contributed by atoms with Gasteiger partial charge in [-0.05, 0) is 48.0 Å². The zero-order valence-corrected chi connectivity index (χ0v) is 21.8. The number of anilines is 1. The molecular formula is C29H34F2N2O5. The summed E-state index contributed by atoms with van der Waals surface area (Å²) in [6, 6.07) is 18.8.